The van der Waals surface area contributed by atoms with Crippen molar-refractivity contribution in [3.63, 3.8) is 0 Å². The van der Waals surface area contributed by atoms with Gasteiger partial charge in [-0.2, -0.15) is 0 Å². The molecule has 1 aliphatic rings. The lowest BCUT2D eigenvalue weighted by molar-refractivity contribution is -0.148. The number of likely N-dealkylation sites (N-methyl/N-ethyl adjacent to an activating group) is 2. The molecule has 0 radical (unpaired) electrons. The number of carbonyl (C=O) groups excluding carboxylic acids is 5. The number of hydrogen-bond acceptors (Lipinski definition) is 11. The molecule has 0 aliphatic carbocycles. The van der Waals surface area contributed by atoms with Crippen LogP contribution in [0.1, 0.15) is 86.1 Å². The molecule has 0 spiro atoms. The highest BCUT2D eigenvalue weighted by molar-refractivity contribution is 7.80. The first-order valence-corrected chi connectivity index (χ1v) is 22.5. The van der Waals surface area contributed by atoms with E-state index in [1.165, 1.54) is 12.0 Å². The molecule has 16 heteroatoms. The number of nitrogens with zero attached hydrogens (tertiary/aromatic N) is 3. The van der Waals surface area contributed by atoms with Gasteiger partial charge in [-0.15, -0.1) is 0 Å². The number of thiocarbonyl (C=S) groups is 1. The van der Waals surface area contributed by atoms with Gasteiger partial charge in [-0.25, -0.2) is 4.79 Å². The lowest BCUT2D eigenvalue weighted by Crippen LogP contribution is -2.60. The minimum Gasteiger partial charge on any atom is -0.467 e. The predicted octanol–water partition coefficient (Wildman–Crippen LogP) is 4.28. The Morgan fingerprint density at radius 2 is 1.53 bits per heavy atom. The van der Waals surface area contributed by atoms with Gasteiger partial charge < -0.3 is 49.0 Å². The van der Waals surface area contributed by atoms with Gasteiger partial charge in [-0.1, -0.05) is 97.4 Å². The summed E-state index contributed by atoms with van der Waals surface area (Å²) in [5.74, 6) is -2.53. The Balaban J connectivity index is 2.27. The molecule has 1 heterocycles. The first-order chi connectivity index (χ1) is 29.4. The van der Waals surface area contributed by atoms with Crippen molar-refractivity contribution in [1.82, 2.24) is 25.3 Å². The molecule has 15 nitrogen and oxygen atoms in total. The minimum atomic E-state index is -0.912. The standard InChI is InChI=1S/C46H77N5O10S/c1-14-31(6)41(50(9)45(55)39(29(2)3)48-43(54)40(30(4)5)49(8)37(52)22-24-61-26-25-57-10)36(58-11)28-38(53)51-23-18-21-35(51)42(59-12)32(7)44(62)47-34(46(56)60-13)27-33-19-16-15-17-20-33/h15-17,19-20,29-32,34-36,39-42H,14,18,21-28H2,1-13H3,(H,47,62)(H,48,54)/t31-,32+,34-,35-,36+,39-,40-,41-,42+/m0/s1. The average molecular weight is 892 g/mol. The van der Waals surface area contributed by atoms with Crippen LogP contribution in [-0.2, 0) is 54.1 Å². The molecule has 62 heavy (non-hydrogen) atoms. The largest absolute Gasteiger partial charge is 0.467 e. The first kappa shape index (κ1) is 54.4. The highest BCUT2D eigenvalue weighted by atomic mass is 32.1. The van der Waals surface area contributed by atoms with E-state index in [0.29, 0.717) is 44.0 Å². The van der Waals surface area contributed by atoms with Gasteiger partial charge in [-0.05, 0) is 36.2 Å². The number of hydrogen-bond donors (Lipinski definition) is 2. The van der Waals surface area contributed by atoms with Crippen LogP contribution in [-0.4, -0.2) is 161 Å². The van der Waals surface area contributed by atoms with Gasteiger partial charge in [-0.3, -0.25) is 19.2 Å². The van der Waals surface area contributed by atoms with Crippen molar-refractivity contribution < 1.29 is 47.7 Å². The van der Waals surface area contributed by atoms with Crippen LogP contribution in [0.4, 0.5) is 0 Å². The molecule has 0 unspecified atom stereocenters. The average Bonchev–Trinajstić information content (AvgIpc) is 3.74. The molecule has 1 fully saturated rings. The maximum atomic E-state index is 14.5. The van der Waals surface area contributed by atoms with Gasteiger partial charge in [0.15, 0.2) is 0 Å². The third-order valence-corrected chi connectivity index (χ3v) is 12.7. The molecule has 2 N–H and O–H groups in total. The second-order valence-electron chi connectivity index (χ2n) is 17.1. The van der Waals surface area contributed by atoms with E-state index < -0.39 is 48.3 Å². The monoisotopic (exact) mass is 892 g/mol. The van der Waals surface area contributed by atoms with Crippen molar-refractivity contribution in [2.45, 2.75) is 129 Å². The van der Waals surface area contributed by atoms with E-state index in [-0.39, 0.29) is 66.9 Å². The van der Waals surface area contributed by atoms with Crippen LogP contribution in [0.25, 0.3) is 0 Å². The number of nitrogens with one attached hydrogen (secondary N) is 2. The summed E-state index contributed by atoms with van der Waals surface area (Å²) in [7, 11) is 9.37. The Hall–Kier alpha value is -3.70. The van der Waals surface area contributed by atoms with E-state index in [4.69, 9.17) is 35.9 Å². The molecule has 1 aliphatic heterocycles. The van der Waals surface area contributed by atoms with Gasteiger partial charge in [0.25, 0.3) is 0 Å². The summed E-state index contributed by atoms with van der Waals surface area (Å²) in [6, 6.07) is 6.36. The number of benzene rings is 1. The third kappa shape index (κ3) is 15.5. The fourth-order valence-corrected chi connectivity index (χ4v) is 8.70. The number of amides is 4. The van der Waals surface area contributed by atoms with Crippen molar-refractivity contribution in [3.8, 4) is 0 Å². The highest BCUT2D eigenvalue weighted by Crippen LogP contribution is 2.30. The predicted molar refractivity (Wildman–Crippen MR) is 243 cm³/mol. The molecular formula is C46H77N5O10S. The smallest absolute Gasteiger partial charge is 0.328 e. The molecule has 9 atom stereocenters. The zero-order valence-corrected chi connectivity index (χ0v) is 40.5. The Morgan fingerprint density at radius 3 is 2.08 bits per heavy atom. The zero-order valence-electron chi connectivity index (χ0n) is 39.6. The van der Waals surface area contributed by atoms with Crippen LogP contribution in [0.5, 0.6) is 0 Å². The maximum Gasteiger partial charge on any atom is 0.328 e. The number of carbonyl (C=O) groups is 5. The second kappa shape index (κ2) is 27.5. The number of likely N-dealkylation sites (tertiary alicyclic amines) is 1. The summed E-state index contributed by atoms with van der Waals surface area (Å²) in [5, 5.41) is 6.21. The summed E-state index contributed by atoms with van der Waals surface area (Å²) in [5.41, 5.74) is 0.953. The fourth-order valence-electron chi connectivity index (χ4n) is 8.43. The number of methoxy groups -OCH3 is 4. The van der Waals surface area contributed by atoms with Crippen molar-refractivity contribution in [2.24, 2.45) is 23.7 Å². The Morgan fingerprint density at radius 1 is 0.871 bits per heavy atom. The molecule has 1 saturated heterocycles. The van der Waals surface area contributed by atoms with E-state index in [1.54, 1.807) is 40.3 Å². The lowest BCUT2D eigenvalue weighted by atomic mass is 9.89. The topological polar surface area (TPSA) is 165 Å². The molecule has 2 rings (SSSR count). The van der Waals surface area contributed by atoms with E-state index in [0.717, 1.165) is 12.0 Å². The fraction of sp³-hybridized carbons (Fsp3) is 0.739. The SMILES string of the molecule is CC[C@H](C)[C@@H]([C@@H](CC(=O)N1CCC[C@H]1[C@H](OC)[C@@H](C)C(=S)N[C@@H](Cc1ccccc1)C(=O)OC)OC)N(C)C(=O)[C@@H](NC(=O)[C@H](C(C)C)N(C)C(=O)CCOCCOC)C(C)C. The van der Waals surface area contributed by atoms with Crippen LogP contribution >= 0.6 is 12.2 Å². The first-order valence-electron chi connectivity index (χ1n) is 22.1. The van der Waals surface area contributed by atoms with Crippen molar-refractivity contribution in [1.29, 1.82) is 0 Å². The summed E-state index contributed by atoms with van der Waals surface area (Å²) in [4.78, 5) is 74.1. The van der Waals surface area contributed by atoms with E-state index in [2.05, 4.69) is 10.6 Å². The van der Waals surface area contributed by atoms with Gasteiger partial charge in [0.1, 0.15) is 18.1 Å². The normalized spacial score (nSPS) is 17.9. The number of ether oxygens (including phenoxy) is 5. The summed E-state index contributed by atoms with van der Waals surface area (Å²) in [6.07, 6.45) is 1.50. The number of rotatable bonds is 27. The van der Waals surface area contributed by atoms with Crippen molar-refractivity contribution in [2.75, 3.05) is 68.9 Å². The lowest BCUT2D eigenvalue weighted by Gasteiger charge is -2.41. The van der Waals surface area contributed by atoms with Crippen LogP contribution in [0.3, 0.4) is 0 Å². The van der Waals surface area contributed by atoms with Gasteiger partial charge in [0, 0.05) is 54.3 Å². The van der Waals surface area contributed by atoms with Crippen LogP contribution < -0.4 is 10.6 Å². The molecule has 1 aromatic carbocycles. The van der Waals surface area contributed by atoms with E-state index >= 15 is 0 Å². The summed E-state index contributed by atoms with van der Waals surface area (Å²) >= 11 is 5.87. The molecule has 0 aromatic heterocycles. The van der Waals surface area contributed by atoms with Crippen molar-refractivity contribution in [3.05, 3.63) is 35.9 Å². The Labute approximate surface area is 376 Å². The summed E-state index contributed by atoms with van der Waals surface area (Å²) in [6.45, 7) is 14.9. The molecule has 0 bridgehead atoms. The van der Waals surface area contributed by atoms with E-state index in [1.807, 2.05) is 83.7 Å². The second-order valence-corrected chi connectivity index (χ2v) is 17.6. The number of esters is 1. The highest BCUT2D eigenvalue weighted by Gasteiger charge is 2.43. The van der Waals surface area contributed by atoms with Crippen molar-refractivity contribution >= 4 is 46.8 Å². The minimum absolute atomic E-state index is 0.00481. The van der Waals surface area contributed by atoms with Crippen LogP contribution in [0.2, 0.25) is 0 Å². The molecule has 0 saturated carbocycles. The quantitative estimate of drug-likeness (QED) is 0.0733. The Kier molecular flexibility index (Phi) is 24.1. The van der Waals surface area contributed by atoms with Gasteiger partial charge in [0.05, 0.1) is 69.1 Å². The molecular weight excluding hydrogens is 815 g/mol. The van der Waals surface area contributed by atoms with Crippen LogP contribution in [0.15, 0.2) is 30.3 Å². The summed E-state index contributed by atoms with van der Waals surface area (Å²) < 4.78 is 27.7. The van der Waals surface area contributed by atoms with E-state index in [9.17, 15) is 24.0 Å². The van der Waals surface area contributed by atoms with Gasteiger partial charge >= 0.3 is 5.97 Å². The van der Waals surface area contributed by atoms with Crippen LogP contribution in [0, 0.1) is 23.7 Å². The maximum absolute atomic E-state index is 14.5. The molecule has 1 aromatic rings. The molecule has 4 amide bonds. The zero-order chi connectivity index (χ0) is 46.7. The Bertz CT molecular complexity index is 1570. The van der Waals surface area contributed by atoms with Gasteiger partial charge in [0.2, 0.25) is 23.6 Å². The third-order valence-electron chi connectivity index (χ3n) is 12.2. The molecule has 352 valence electrons.